The van der Waals surface area contributed by atoms with Gasteiger partial charge in [-0.3, -0.25) is 4.68 Å². The minimum atomic E-state index is -0.173. The normalized spacial score (nSPS) is 32.3. The smallest absolute Gasteiger partial charge is 0.0650 e. The van der Waals surface area contributed by atoms with Crippen LogP contribution in [0.2, 0.25) is 0 Å². The van der Waals surface area contributed by atoms with Crippen LogP contribution in [0.25, 0.3) is 0 Å². The van der Waals surface area contributed by atoms with Crippen molar-refractivity contribution in [1.82, 2.24) is 9.78 Å². The SMILES string of the molecule is CC(C)n1ccc(CC(O)C2C3CCCCC32)n1. The lowest BCUT2D eigenvalue weighted by molar-refractivity contribution is 0.139. The molecule has 0 spiro atoms. The molecule has 0 bridgehead atoms. The molecule has 0 radical (unpaired) electrons. The van der Waals surface area contributed by atoms with E-state index < -0.39 is 0 Å². The summed E-state index contributed by atoms with van der Waals surface area (Å²) in [5.74, 6) is 2.21. The second-order valence-corrected chi connectivity index (χ2v) is 6.34. The number of aromatic nitrogens is 2. The molecule has 0 aromatic carbocycles. The van der Waals surface area contributed by atoms with E-state index in [1.54, 1.807) is 0 Å². The summed E-state index contributed by atoms with van der Waals surface area (Å²) in [5, 5.41) is 14.9. The summed E-state index contributed by atoms with van der Waals surface area (Å²) >= 11 is 0. The Morgan fingerprint density at radius 3 is 2.56 bits per heavy atom. The number of hydrogen-bond acceptors (Lipinski definition) is 2. The van der Waals surface area contributed by atoms with Crippen LogP contribution < -0.4 is 0 Å². The Bertz CT molecular complexity index is 400. The molecule has 3 atom stereocenters. The molecule has 1 aromatic heterocycles. The summed E-state index contributed by atoms with van der Waals surface area (Å²) in [6.45, 7) is 4.26. The van der Waals surface area contributed by atoms with Crippen LogP contribution in [0.15, 0.2) is 12.3 Å². The van der Waals surface area contributed by atoms with Crippen LogP contribution in [0.5, 0.6) is 0 Å². The second kappa shape index (κ2) is 4.69. The van der Waals surface area contributed by atoms with E-state index in [0.29, 0.717) is 12.0 Å². The number of hydrogen-bond donors (Lipinski definition) is 1. The number of rotatable bonds is 4. The molecule has 100 valence electrons. The van der Waals surface area contributed by atoms with Gasteiger partial charge in [0, 0.05) is 18.7 Å². The Balaban J connectivity index is 1.59. The van der Waals surface area contributed by atoms with E-state index in [-0.39, 0.29) is 6.10 Å². The van der Waals surface area contributed by atoms with Crippen molar-refractivity contribution in [2.24, 2.45) is 17.8 Å². The highest BCUT2D eigenvalue weighted by Crippen LogP contribution is 2.57. The molecule has 2 aliphatic carbocycles. The summed E-state index contributed by atoms with van der Waals surface area (Å²) in [7, 11) is 0. The van der Waals surface area contributed by atoms with Gasteiger partial charge in [0.15, 0.2) is 0 Å². The number of fused-ring (bicyclic) bond motifs is 1. The molecule has 3 nitrogen and oxygen atoms in total. The van der Waals surface area contributed by atoms with Gasteiger partial charge in [-0.15, -0.1) is 0 Å². The maximum absolute atomic E-state index is 10.4. The van der Waals surface area contributed by atoms with Gasteiger partial charge in [0.05, 0.1) is 11.8 Å². The van der Waals surface area contributed by atoms with E-state index >= 15 is 0 Å². The van der Waals surface area contributed by atoms with Crippen LogP contribution in [0.3, 0.4) is 0 Å². The Kier molecular flexibility index (Phi) is 3.18. The number of aliphatic hydroxyl groups is 1. The summed E-state index contributed by atoms with van der Waals surface area (Å²) in [4.78, 5) is 0. The molecule has 3 unspecified atom stereocenters. The van der Waals surface area contributed by atoms with Gasteiger partial charge in [-0.1, -0.05) is 12.8 Å². The molecule has 1 heterocycles. The van der Waals surface area contributed by atoms with Crippen LogP contribution in [0, 0.1) is 17.8 Å². The fourth-order valence-corrected chi connectivity index (χ4v) is 3.74. The molecule has 3 rings (SSSR count). The average Bonchev–Trinajstić information content (AvgIpc) is 2.90. The van der Waals surface area contributed by atoms with Crippen LogP contribution in [0.1, 0.15) is 51.3 Å². The standard InChI is InChI=1S/C15H24N2O/c1-10(2)17-8-7-11(16-17)9-14(18)15-12-5-3-4-6-13(12)15/h7-8,10,12-15,18H,3-6,9H2,1-2H3. The second-order valence-electron chi connectivity index (χ2n) is 6.34. The third-order valence-corrected chi connectivity index (χ3v) is 4.78. The molecule has 3 heteroatoms. The molecular formula is C15H24N2O. The van der Waals surface area contributed by atoms with E-state index in [1.807, 2.05) is 10.9 Å². The molecule has 0 aliphatic heterocycles. The first-order valence-corrected chi connectivity index (χ1v) is 7.39. The first-order chi connectivity index (χ1) is 8.66. The van der Waals surface area contributed by atoms with Crippen molar-refractivity contribution in [1.29, 1.82) is 0 Å². The highest BCUT2D eigenvalue weighted by Gasteiger charge is 2.53. The number of nitrogens with zero attached hydrogens (tertiary/aromatic N) is 2. The van der Waals surface area contributed by atoms with Crippen molar-refractivity contribution >= 4 is 0 Å². The van der Waals surface area contributed by atoms with Gasteiger partial charge in [-0.25, -0.2) is 0 Å². The van der Waals surface area contributed by atoms with Gasteiger partial charge in [0.1, 0.15) is 0 Å². The number of aliphatic hydroxyl groups excluding tert-OH is 1. The molecule has 1 N–H and O–H groups in total. The van der Waals surface area contributed by atoms with Crippen molar-refractivity contribution in [3.05, 3.63) is 18.0 Å². The maximum atomic E-state index is 10.4. The summed E-state index contributed by atoms with van der Waals surface area (Å²) in [5.41, 5.74) is 1.04. The van der Waals surface area contributed by atoms with Crippen molar-refractivity contribution in [3.63, 3.8) is 0 Å². The fourth-order valence-electron chi connectivity index (χ4n) is 3.74. The average molecular weight is 248 g/mol. The summed E-state index contributed by atoms with van der Waals surface area (Å²) < 4.78 is 1.97. The zero-order valence-electron chi connectivity index (χ0n) is 11.4. The van der Waals surface area contributed by atoms with Gasteiger partial charge in [0.25, 0.3) is 0 Å². The van der Waals surface area contributed by atoms with Crippen molar-refractivity contribution in [2.75, 3.05) is 0 Å². The zero-order valence-corrected chi connectivity index (χ0v) is 11.4. The molecule has 2 fully saturated rings. The Morgan fingerprint density at radius 1 is 1.33 bits per heavy atom. The van der Waals surface area contributed by atoms with Gasteiger partial charge >= 0.3 is 0 Å². The fraction of sp³-hybridized carbons (Fsp3) is 0.800. The Labute approximate surface area is 109 Å². The summed E-state index contributed by atoms with van der Waals surface area (Å²) in [6, 6.07) is 2.45. The van der Waals surface area contributed by atoms with Crippen molar-refractivity contribution < 1.29 is 5.11 Å². The minimum Gasteiger partial charge on any atom is -0.392 e. The third kappa shape index (κ3) is 2.20. The van der Waals surface area contributed by atoms with Gasteiger partial charge in [-0.05, 0) is 50.5 Å². The molecule has 1 aromatic rings. The van der Waals surface area contributed by atoms with Crippen molar-refractivity contribution in [2.45, 2.75) is 58.1 Å². The minimum absolute atomic E-state index is 0.173. The maximum Gasteiger partial charge on any atom is 0.0650 e. The lowest BCUT2D eigenvalue weighted by Gasteiger charge is -2.09. The lowest BCUT2D eigenvalue weighted by atomic mass is 10.0. The highest BCUT2D eigenvalue weighted by atomic mass is 16.3. The molecular weight excluding hydrogens is 224 g/mol. The molecule has 18 heavy (non-hydrogen) atoms. The Hall–Kier alpha value is -0.830. The van der Waals surface area contributed by atoms with Gasteiger partial charge < -0.3 is 5.11 Å². The first kappa shape index (κ1) is 12.2. The quantitative estimate of drug-likeness (QED) is 0.889. The van der Waals surface area contributed by atoms with Crippen LogP contribution in [-0.4, -0.2) is 21.0 Å². The Morgan fingerprint density at radius 2 is 2.00 bits per heavy atom. The summed E-state index contributed by atoms with van der Waals surface area (Å²) in [6.07, 6.45) is 8.00. The van der Waals surface area contributed by atoms with Crippen LogP contribution in [0.4, 0.5) is 0 Å². The van der Waals surface area contributed by atoms with Gasteiger partial charge in [0.2, 0.25) is 0 Å². The largest absolute Gasteiger partial charge is 0.392 e. The lowest BCUT2D eigenvalue weighted by Crippen LogP contribution is -2.16. The monoisotopic (exact) mass is 248 g/mol. The van der Waals surface area contributed by atoms with E-state index in [0.717, 1.165) is 24.0 Å². The zero-order chi connectivity index (χ0) is 12.7. The predicted octanol–water partition coefficient (Wildman–Crippen LogP) is 2.80. The third-order valence-electron chi connectivity index (χ3n) is 4.78. The molecule has 2 aliphatic rings. The molecule has 0 saturated heterocycles. The predicted molar refractivity (Wildman–Crippen MR) is 71.3 cm³/mol. The van der Waals surface area contributed by atoms with E-state index in [2.05, 4.69) is 25.0 Å². The van der Waals surface area contributed by atoms with Crippen LogP contribution >= 0.6 is 0 Å². The van der Waals surface area contributed by atoms with E-state index in [1.165, 1.54) is 25.7 Å². The highest BCUT2D eigenvalue weighted by molar-refractivity contribution is 5.08. The van der Waals surface area contributed by atoms with Crippen molar-refractivity contribution in [3.8, 4) is 0 Å². The first-order valence-electron chi connectivity index (χ1n) is 7.39. The van der Waals surface area contributed by atoms with E-state index in [4.69, 9.17) is 0 Å². The molecule has 2 saturated carbocycles. The van der Waals surface area contributed by atoms with E-state index in [9.17, 15) is 5.11 Å². The topological polar surface area (TPSA) is 38.0 Å². The van der Waals surface area contributed by atoms with Crippen LogP contribution in [-0.2, 0) is 6.42 Å². The van der Waals surface area contributed by atoms with Gasteiger partial charge in [-0.2, -0.15) is 5.10 Å². The molecule has 0 amide bonds.